The molecular formula is C13H11O3P. The van der Waals surface area contributed by atoms with Crippen LogP contribution in [0.5, 0.6) is 0 Å². The third-order valence-corrected chi connectivity index (χ3v) is 4.02. The molecule has 3 nitrogen and oxygen atoms in total. The van der Waals surface area contributed by atoms with Crippen molar-refractivity contribution in [3.8, 4) is 0 Å². The van der Waals surface area contributed by atoms with Crippen LogP contribution in [0.4, 0.5) is 4.79 Å². The van der Waals surface area contributed by atoms with Gasteiger partial charge in [0.1, 0.15) is 0 Å². The molecule has 0 bridgehead atoms. The van der Waals surface area contributed by atoms with Gasteiger partial charge in [0.25, 0.3) is 0 Å². The largest absolute Gasteiger partial charge is 0.509 e. The second-order valence-corrected chi connectivity index (χ2v) is 5.13. The minimum atomic E-state index is -1.29. The van der Waals surface area contributed by atoms with Gasteiger partial charge in [-0.25, -0.2) is 4.79 Å². The van der Waals surface area contributed by atoms with Crippen LogP contribution in [0, 0.1) is 0 Å². The predicted octanol–water partition coefficient (Wildman–Crippen LogP) is 2.73. The van der Waals surface area contributed by atoms with E-state index in [-0.39, 0.29) is 0 Å². The van der Waals surface area contributed by atoms with E-state index in [9.17, 15) is 4.79 Å². The van der Waals surface area contributed by atoms with Gasteiger partial charge in [-0.1, -0.05) is 60.7 Å². The molecule has 0 aromatic heterocycles. The normalized spacial score (nSPS) is 10.2. The van der Waals surface area contributed by atoms with Gasteiger partial charge in [0, 0.05) is 10.6 Å². The molecule has 0 fully saturated rings. The van der Waals surface area contributed by atoms with Crippen LogP contribution in [0.1, 0.15) is 0 Å². The monoisotopic (exact) mass is 246 g/mol. The molecule has 0 spiro atoms. The Morgan fingerprint density at radius 1 is 0.882 bits per heavy atom. The van der Waals surface area contributed by atoms with Crippen molar-refractivity contribution in [1.82, 2.24) is 0 Å². The molecular weight excluding hydrogens is 235 g/mol. The van der Waals surface area contributed by atoms with Gasteiger partial charge < -0.3 is 9.63 Å². The standard InChI is InChI=1S/C13H11O3P/c14-13(15)16-17(11-7-3-1-4-8-11)12-9-5-2-6-10-12/h1-10H,(H,14,15). The molecule has 0 saturated carbocycles. The van der Waals surface area contributed by atoms with Gasteiger partial charge in [0.2, 0.25) is 0 Å². The van der Waals surface area contributed by atoms with E-state index in [0.29, 0.717) is 0 Å². The summed E-state index contributed by atoms with van der Waals surface area (Å²) in [6.07, 6.45) is -1.25. The minimum Gasteiger partial charge on any atom is -0.450 e. The summed E-state index contributed by atoms with van der Waals surface area (Å²) >= 11 is 0. The van der Waals surface area contributed by atoms with Crippen LogP contribution < -0.4 is 10.6 Å². The average Bonchev–Trinajstić information content (AvgIpc) is 2.38. The van der Waals surface area contributed by atoms with Crippen LogP contribution >= 0.6 is 8.15 Å². The van der Waals surface area contributed by atoms with Gasteiger partial charge in [-0.3, -0.25) is 0 Å². The Morgan fingerprint density at radius 3 is 1.65 bits per heavy atom. The van der Waals surface area contributed by atoms with Crippen molar-refractivity contribution >= 4 is 24.9 Å². The highest BCUT2D eigenvalue weighted by atomic mass is 31.1. The third-order valence-electron chi connectivity index (χ3n) is 2.15. The second-order valence-electron chi connectivity index (χ2n) is 3.32. The highest BCUT2D eigenvalue weighted by Gasteiger charge is 2.18. The van der Waals surface area contributed by atoms with Crippen LogP contribution in [0.3, 0.4) is 0 Å². The van der Waals surface area contributed by atoms with Gasteiger partial charge in [-0.2, -0.15) is 0 Å². The van der Waals surface area contributed by atoms with Crippen LogP contribution in [0.2, 0.25) is 0 Å². The maximum absolute atomic E-state index is 10.8. The molecule has 0 atom stereocenters. The number of rotatable bonds is 3. The number of carbonyl (C=O) groups is 1. The third kappa shape index (κ3) is 3.05. The summed E-state index contributed by atoms with van der Waals surface area (Å²) in [6, 6.07) is 18.8. The quantitative estimate of drug-likeness (QED) is 0.847. The van der Waals surface area contributed by atoms with E-state index in [1.54, 1.807) is 0 Å². The molecule has 0 saturated heterocycles. The lowest BCUT2D eigenvalue weighted by Crippen LogP contribution is -2.15. The highest BCUT2D eigenvalue weighted by molar-refractivity contribution is 7.68. The van der Waals surface area contributed by atoms with Gasteiger partial charge in [-0.05, 0) is 0 Å². The summed E-state index contributed by atoms with van der Waals surface area (Å²) in [5.74, 6) is 0. The number of hydrogen-bond acceptors (Lipinski definition) is 2. The molecule has 0 aliphatic heterocycles. The lowest BCUT2D eigenvalue weighted by Gasteiger charge is -2.15. The molecule has 4 heteroatoms. The molecule has 0 radical (unpaired) electrons. The minimum absolute atomic E-state index is 0.885. The van der Waals surface area contributed by atoms with Crippen LogP contribution in [-0.2, 0) is 4.52 Å². The summed E-state index contributed by atoms with van der Waals surface area (Å²) in [7, 11) is -1.29. The van der Waals surface area contributed by atoms with Crippen molar-refractivity contribution in [2.45, 2.75) is 0 Å². The Labute approximate surface area is 101 Å². The van der Waals surface area contributed by atoms with Crippen molar-refractivity contribution < 1.29 is 14.4 Å². The molecule has 0 aliphatic carbocycles. The molecule has 0 unspecified atom stereocenters. The lowest BCUT2D eigenvalue weighted by molar-refractivity contribution is 0.151. The first-order valence-electron chi connectivity index (χ1n) is 5.08. The number of hydrogen-bond donors (Lipinski definition) is 1. The summed E-state index contributed by atoms with van der Waals surface area (Å²) in [5.41, 5.74) is 0. The highest BCUT2D eigenvalue weighted by Crippen LogP contribution is 2.34. The van der Waals surface area contributed by atoms with E-state index in [4.69, 9.17) is 9.63 Å². The van der Waals surface area contributed by atoms with Crippen LogP contribution in [0.25, 0.3) is 0 Å². The Morgan fingerprint density at radius 2 is 1.29 bits per heavy atom. The van der Waals surface area contributed by atoms with Crippen molar-refractivity contribution in [2.75, 3.05) is 0 Å². The molecule has 0 amide bonds. The fourth-order valence-electron chi connectivity index (χ4n) is 1.46. The predicted molar refractivity (Wildman–Crippen MR) is 68.2 cm³/mol. The molecule has 17 heavy (non-hydrogen) atoms. The molecule has 1 N–H and O–H groups in total. The second kappa shape index (κ2) is 5.46. The summed E-state index contributed by atoms with van der Waals surface area (Å²) in [5, 5.41) is 10.6. The summed E-state index contributed by atoms with van der Waals surface area (Å²) in [6.45, 7) is 0. The fraction of sp³-hybridized carbons (Fsp3) is 0. The fourth-order valence-corrected chi connectivity index (χ4v) is 3.01. The number of benzene rings is 2. The zero-order valence-corrected chi connectivity index (χ0v) is 9.88. The summed E-state index contributed by atoms with van der Waals surface area (Å²) in [4.78, 5) is 10.8. The van der Waals surface area contributed by atoms with E-state index >= 15 is 0 Å². The Balaban J connectivity index is 2.36. The average molecular weight is 246 g/mol. The van der Waals surface area contributed by atoms with Crippen molar-refractivity contribution in [1.29, 1.82) is 0 Å². The Hall–Kier alpha value is -1.86. The lowest BCUT2D eigenvalue weighted by atomic mass is 10.4. The zero-order chi connectivity index (χ0) is 12.1. The van der Waals surface area contributed by atoms with Crippen LogP contribution in [0.15, 0.2) is 60.7 Å². The molecule has 2 aromatic carbocycles. The first-order chi connectivity index (χ1) is 8.27. The summed E-state index contributed by atoms with van der Waals surface area (Å²) < 4.78 is 5.00. The molecule has 0 heterocycles. The zero-order valence-electron chi connectivity index (χ0n) is 8.98. The number of carboxylic acid groups (broad SMARTS) is 1. The van der Waals surface area contributed by atoms with Gasteiger partial charge in [0.05, 0.1) is 0 Å². The van der Waals surface area contributed by atoms with Gasteiger partial charge in [0.15, 0.2) is 8.15 Å². The maximum atomic E-state index is 10.8. The van der Waals surface area contributed by atoms with E-state index in [1.807, 2.05) is 60.7 Å². The van der Waals surface area contributed by atoms with E-state index in [1.165, 1.54) is 0 Å². The van der Waals surface area contributed by atoms with Crippen molar-refractivity contribution in [2.24, 2.45) is 0 Å². The Kier molecular flexibility index (Phi) is 3.73. The van der Waals surface area contributed by atoms with Gasteiger partial charge >= 0.3 is 6.16 Å². The topological polar surface area (TPSA) is 46.5 Å². The molecule has 0 aliphatic rings. The molecule has 2 rings (SSSR count). The van der Waals surface area contributed by atoms with Crippen molar-refractivity contribution in [3.63, 3.8) is 0 Å². The van der Waals surface area contributed by atoms with E-state index in [2.05, 4.69) is 0 Å². The molecule has 2 aromatic rings. The van der Waals surface area contributed by atoms with Gasteiger partial charge in [-0.15, -0.1) is 0 Å². The Bertz CT molecular complexity index is 445. The first kappa shape index (κ1) is 11.6. The SMILES string of the molecule is O=C(O)OP(c1ccccc1)c1ccccc1. The van der Waals surface area contributed by atoms with Crippen LogP contribution in [-0.4, -0.2) is 11.3 Å². The van der Waals surface area contributed by atoms with Crippen molar-refractivity contribution in [3.05, 3.63) is 60.7 Å². The maximum Gasteiger partial charge on any atom is 0.509 e. The smallest absolute Gasteiger partial charge is 0.450 e. The molecule has 86 valence electrons. The van der Waals surface area contributed by atoms with E-state index < -0.39 is 14.3 Å². The van der Waals surface area contributed by atoms with E-state index in [0.717, 1.165) is 10.6 Å². The first-order valence-corrected chi connectivity index (χ1v) is 6.34.